The second-order valence-electron chi connectivity index (χ2n) is 6.33. The van der Waals surface area contributed by atoms with Crippen LogP contribution in [-0.4, -0.2) is 18.0 Å². The highest BCUT2D eigenvalue weighted by molar-refractivity contribution is 5.86. The molecule has 1 aromatic rings. The Kier molecular flexibility index (Phi) is 5.66. The molecule has 3 heteroatoms. The molecule has 1 aromatic carbocycles. The van der Waals surface area contributed by atoms with Crippen LogP contribution in [0.25, 0.3) is 0 Å². The maximum atomic E-state index is 12.6. The number of hydrogen-bond acceptors (Lipinski definition) is 2. The molecule has 0 unspecified atom stereocenters. The van der Waals surface area contributed by atoms with Gasteiger partial charge in [0.25, 0.3) is 0 Å². The molecule has 0 saturated carbocycles. The van der Waals surface area contributed by atoms with E-state index in [2.05, 4.69) is 43.5 Å². The van der Waals surface area contributed by atoms with Gasteiger partial charge in [-0.3, -0.25) is 4.79 Å². The summed E-state index contributed by atoms with van der Waals surface area (Å²) < 4.78 is 0. The number of carbonyl (C=O) groups excluding carboxylic acids is 1. The number of unbranched alkanes of at least 4 members (excludes halogenated alkanes) is 2. The highest BCUT2D eigenvalue weighted by Crippen LogP contribution is 2.34. The van der Waals surface area contributed by atoms with E-state index in [1.54, 1.807) is 0 Å². The number of nitrogens with one attached hydrogen (secondary N) is 2. The second kappa shape index (κ2) is 7.48. The summed E-state index contributed by atoms with van der Waals surface area (Å²) in [4.78, 5) is 12.6. The minimum Gasteiger partial charge on any atom is -0.382 e. The zero-order valence-electron chi connectivity index (χ0n) is 13.5. The van der Waals surface area contributed by atoms with Gasteiger partial charge in [0.1, 0.15) is 0 Å². The third-order valence-electron chi connectivity index (χ3n) is 4.27. The van der Waals surface area contributed by atoms with Gasteiger partial charge in [0.2, 0.25) is 5.91 Å². The Morgan fingerprint density at radius 2 is 2.14 bits per heavy atom. The normalized spacial score (nSPS) is 22.0. The van der Waals surface area contributed by atoms with Crippen molar-refractivity contribution in [3.8, 4) is 0 Å². The first kappa shape index (κ1) is 15.9. The molecule has 1 amide bonds. The molecule has 0 radical (unpaired) electrons. The molecule has 116 valence electrons. The van der Waals surface area contributed by atoms with Crippen molar-refractivity contribution in [1.29, 1.82) is 0 Å². The minimum atomic E-state index is -0.0222. The van der Waals surface area contributed by atoms with Crippen LogP contribution in [0.2, 0.25) is 0 Å². The van der Waals surface area contributed by atoms with Gasteiger partial charge in [-0.25, -0.2) is 0 Å². The number of rotatable bonds is 6. The van der Waals surface area contributed by atoms with E-state index >= 15 is 0 Å². The maximum Gasteiger partial charge on any atom is 0.227 e. The lowest BCUT2D eigenvalue weighted by atomic mass is 9.86. The van der Waals surface area contributed by atoms with Crippen LogP contribution in [0.15, 0.2) is 24.3 Å². The quantitative estimate of drug-likeness (QED) is 0.775. The van der Waals surface area contributed by atoms with Gasteiger partial charge in [0.05, 0.1) is 5.92 Å². The third-order valence-corrected chi connectivity index (χ3v) is 4.27. The minimum absolute atomic E-state index is 0.0222. The number of benzene rings is 1. The van der Waals surface area contributed by atoms with Crippen LogP contribution in [0, 0.1) is 0 Å². The molecule has 0 fully saturated rings. The molecule has 0 aromatic heterocycles. The van der Waals surface area contributed by atoms with Crippen molar-refractivity contribution in [3.63, 3.8) is 0 Å². The number of carbonyl (C=O) groups is 1. The smallest absolute Gasteiger partial charge is 0.227 e. The van der Waals surface area contributed by atoms with Gasteiger partial charge in [-0.1, -0.05) is 44.4 Å². The Bertz CT molecular complexity index is 472. The van der Waals surface area contributed by atoms with Crippen molar-refractivity contribution in [2.75, 3.05) is 5.32 Å². The predicted molar refractivity (Wildman–Crippen MR) is 88.6 cm³/mol. The van der Waals surface area contributed by atoms with Crippen molar-refractivity contribution in [2.24, 2.45) is 0 Å². The Morgan fingerprint density at radius 1 is 1.38 bits per heavy atom. The molecule has 1 aliphatic rings. The fraction of sp³-hybridized carbons (Fsp3) is 0.611. The molecule has 0 saturated heterocycles. The Labute approximate surface area is 128 Å². The summed E-state index contributed by atoms with van der Waals surface area (Å²) in [7, 11) is 0. The zero-order chi connectivity index (χ0) is 15.2. The summed E-state index contributed by atoms with van der Waals surface area (Å²) in [5, 5.41) is 6.66. The molecule has 0 bridgehead atoms. The van der Waals surface area contributed by atoms with Gasteiger partial charge in [-0.2, -0.15) is 0 Å². The van der Waals surface area contributed by atoms with E-state index in [1.807, 2.05) is 12.1 Å². The number of para-hydroxylation sites is 1. The average molecular weight is 288 g/mol. The van der Waals surface area contributed by atoms with Crippen LogP contribution < -0.4 is 10.6 Å². The summed E-state index contributed by atoms with van der Waals surface area (Å²) in [5.41, 5.74) is 2.24. The first-order valence-corrected chi connectivity index (χ1v) is 8.27. The van der Waals surface area contributed by atoms with Gasteiger partial charge in [0.15, 0.2) is 0 Å². The van der Waals surface area contributed by atoms with E-state index in [0.717, 1.165) is 24.1 Å². The Balaban J connectivity index is 1.99. The third kappa shape index (κ3) is 4.23. The molecular formula is C18H28N2O. The second-order valence-corrected chi connectivity index (χ2v) is 6.33. The van der Waals surface area contributed by atoms with Crippen molar-refractivity contribution in [2.45, 2.75) is 70.9 Å². The van der Waals surface area contributed by atoms with Crippen molar-refractivity contribution in [1.82, 2.24) is 5.32 Å². The van der Waals surface area contributed by atoms with Gasteiger partial charge >= 0.3 is 0 Å². The fourth-order valence-electron chi connectivity index (χ4n) is 3.10. The van der Waals surface area contributed by atoms with Crippen LogP contribution in [0.1, 0.15) is 64.4 Å². The van der Waals surface area contributed by atoms with Crippen LogP contribution in [0.3, 0.4) is 0 Å². The van der Waals surface area contributed by atoms with Gasteiger partial charge in [-0.15, -0.1) is 0 Å². The summed E-state index contributed by atoms with van der Waals surface area (Å²) in [6.07, 6.45) is 5.59. The maximum absolute atomic E-state index is 12.6. The van der Waals surface area contributed by atoms with Gasteiger partial charge in [-0.05, 0) is 38.3 Å². The molecule has 21 heavy (non-hydrogen) atoms. The number of hydrogen-bond donors (Lipinski definition) is 2. The van der Waals surface area contributed by atoms with E-state index in [0.29, 0.717) is 6.04 Å². The predicted octanol–water partition coefficient (Wildman–Crippen LogP) is 4.06. The largest absolute Gasteiger partial charge is 0.382 e. The molecule has 3 nitrogen and oxygen atoms in total. The summed E-state index contributed by atoms with van der Waals surface area (Å²) in [6, 6.07) is 8.77. The van der Waals surface area contributed by atoms with Crippen LogP contribution >= 0.6 is 0 Å². The van der Waals surface area contributed by atoms with Crippen molar-refractivity contribution in [3.05, 3.63) is 29.8 Å². The van der Waals surface area contributed by atoms with Crippen molar-refractivity contribution < 1.29 is 4.79 Å². The molecule has 2 N–H and O–H groups in total. The summed E-state index contributed by atoms with van der Waals surface area (Å²) >= 11 is 0. The van der Waals surface area contributed by atoms with E-state index in [1.165, 1.54) is 19.3 Å². The van der Waals surface area contributed by atoms with Gasteiger partial charge < -0.3 is 10.6 Å². The monoisotopic (exact) mass is 288 g/mol. The molecule has 0 spiro atoms. The average Bonchev–Trinajstić information content (AvgIpc) is 2.46. The van der Waals surface area contributed by atoms with Gasteiger partial charge in [0, 0.05) is 17.8 Å². The summed E-state index contributed by atoms with van der Waals surface area (Å²) in [5.74, 6) is 0.158. The van der Waals surface area contributed by atoms with Crippen LogP contribution in [0.5, 0.6) is 0 Å². The Morgan fingerprint density at radius 3 is 2.90 bits per heavy atom. The summed E-state index contributed by atoms with van der Waals surface area (Å²) in [6.45, 7) is 6.46. The highest BCUT2D eigenvalue weighted by Gasteiger charge is 2.29. The van der Waals surface area contributed by atoms with Crippen molar-refractivity contribution >= 4 is 11.6 Å². The molecule has 3 atom stereocenters. The van der Waals surface area contributed by atoms with E-state index in [4.69, 9.17) is 0 Å². The molecule has 2 rings (SSSR count). The SMILES string of the molecule is CCCCC[C@H](C)NC(=O)[C@H]1C[C@H](C)Nc2ccccc21. The Hall–Kier alpha value is -1.51. The fourth-order valence-corrected chi connectivity index (χ4v) is 3.10. The lowest BCUT2D eigenvalue weighted by molar-refractivity contribution is -0.123. The molecule has 0 aliphatic carbocycles. The lowest BCUT2D eigenvalue weighted by Gasteiger charge is -2.31. The first-order chi connectivity index (χ1) is 10.1. The zero-order valence-corrected chi connectivity index (χ0v) is 13.5. The topological polar surface area (TPSA) is 41.1 Å². The molecular weight excluding hydrogens is 260 g/mol. The lowest BCUT2D eigenvalue weighted by Crippen LogP contribution is -2.40. The first-order valence-electron chi connectivity index (χ1n) is 8.27. The number of fused-ring (bicyclic) bond motifs is 1. The number of amides is 1. The van der Waals surface area contributed by atoms with E-state index < -0.39 is 0 Å². The standard InChI is InChI=1S/C18H28N2O/c1-4-5-6-9-13(2)20-18(21)16-12-14(3)19-17-11-8-7-10-15(16)17/h7-8,10-11,13-14,16,19H,4-6,9,12H2,1-3H3,(H,20,21)/t13-,14-,16-/m0/s1. The van der Waals surface area contributed by atoms with E-state index in [-0.39, 0.29) is 17.9 Å². The molecule has 1 heterocycles. The van der Waals surface area contributed by atoms with E-state index in [9.17, 15) is 4.79 Å². The highest BCUT2D eigenvalue weighted by atomic mass is 16.1. The molecule has 1 aliphatic heterocycles. The van der Waals surface area contributed by atoms with Crippen LogP contribution in [0.4, 0.5) is 5.69 Å². The number of anilines is 1. The van der Waals surface area contributed by atoms with Crippen LogP contribution in [-0.2, 0) is 4.79 Å².